The smallest absolute Gasteiger partial charge is 0.0360 e. The number of thiophene rings is 1. The van der Waals surface area contributed by atoms with Gasteiger partial charge in [0.25, 0.3) is 0 Å². The van der Waals surface area contributed by atoms with E-state index in [0.29, 0.717) is 6.04 Å². The van der Waals surface area contributed by atoms with Crippen molar-refractivity contribution < 1.29 is 0 Å². The minimum absolute atomic E-state index is 0.690. The number of nitrogens with zero attached hydrogens (tertiary/aromatic N) is 2. The van der Waals surface area contributed by atoms with Gasteiger partial charge in [-0.25, -0.2) is 0 Å². The maximum absolute atomic E-state index is 5.65. The molecule has 1 aliphatic carbocycles. The van der Waals surface area contributed by atoms with Gasteiger partial charge >= 0.3 is 0 Å². The second-order valence-electron chi connectivity index (χ2n) is 6.23. The van der Waals surface area contributed by atoms with E-state index in [2.05, 4.69) is 34.3 Å². The van der Waals surface area contributed by atoms with Gasteiger partial charge in [-0.2, -0.15) is 0 Å². The molecule has 1 unspecified atom stereocenters. The molecule has 2 heterocycles. The van der Waals surface area contributed by atoms with Gasteiger partial charge in [0.15, 0.2) is 0 Å². The van der Waals surface area contributed by atoms with Crippen LogP contribution in [-0.4, -0.2) is 49.6 Å². The summed E-state index contributed by atoms with van der Waals surface area (Å²) in [5.41, 5.74) is 7.30. The van der Waals surface area contributed by atoms with E-state index in [1.165, 1.54) is 51.9 Å². The number of rotatable bonds is 4. The molecule has 0 saturated carbocycles. The van der Waals surface area contributed by atoms with Gasteiger partial charge in [-0.15, -0.1) is 11.3 Å². The Bertz CT molecular complexity index is 435. The average molecular weight is 293 g/mol. The van der Waals surface area contributed by atoms with E-state index in [1.807, 2.05) is 0 Å². The van der Waals surface area contributed by atoms with Gasteiger partial charge in [0, 0.05) is 42.0 Å². The first kappa shape index (κ1) is 14.5. The van der Waals surface area contributed by atoms with Gasteiger partial charge in [0.1, 0.15) is 0 Å². The van der Waals surface area contributed by atoms with Crippen LogP contribution in [0.5, 0.6) is 0 Å². The van der Waals surface area contributed by atoms with E-state index in [4.69, 9.17) is 5.73 Å². The number of likely N-dealkylation sites (N-methyl/N-ethyl adjacent to an activating group) is 1. The molecule has 0 aromatic carbocycles. The standard InChI is InChI=1S/C16H27N3S/c1-18-8-10-19(11-9-18)15-5-2-6-16-14(15)12-13(20-16)4-3-7-17/h12,15H,2-11,17H2,1H3. The molecule has 112 valence electrons. The minimum Gasteiger partial charge on any atom is -0.330 e. The van der Waals surface area contributed by atoms with Crippen LogP contribution in [0, 0.1) is 0 Å². The first-order valence-electron chi connectivity index (χ1n) is 8.02. The van der Waals surface area contributed by atoms with Gasteiger partial charge in [0.2, 0.25) is 0 Å². The summed E-state index contributed by atoms with van der Waals surface area (Å²) in [5.74, 6) is 0. The number of aryl methyl sites for hydroxylation is 2. The Morgan fingerprint density at radius 3 is 2.85 bits per heavy atom. The molecule has 3 nitrogen and oxygen atoms in total. The van der Waals surface area contributed by atoms with Crippen LogP contribution >= 0.6 is 11.3 Å². The van der Waals surface area contributed by atoms with Crippen molar-refractivity contribution in [2.75, 3.05) is 39.8 Å². The highest BCUT2D eigenvalue weighted by molar-refractivity contribution is 7.12. The molecular formula is C16H27N3S. The first-order valence-corrected chi connectivity index (χ1v) is 8.83. The summed E-state index contributed by atoms with van der Waals surface area (Å²) in [7, 11) is 2.24. The zero-order chi connectivity index (χ0) is 13.9. The maximum Gasteiger partial charge on any atom is 0.0360 e. The summed E-state index contributed by atoms with van der Waals surface area (Å²) in [4.78, 5) is 8.38. The molecule has 1 fully saturated rings. The Morgan fingerprint density at radius 2 is 2.10 bits per heavy atom. The lowest BCUT2D eigenvalue weighted by molar-refractivity contribution is 0.103. The van der Waals surface area contributed by atoms with E-state index in [9.17, 15) is 0 Å². The molecule has 1 aromatic rings. The summed E-state index contributed by atoms with van der Waals surface area (Å²) >= 11 is 2.05. The van der Waals surface area contributed by atoms with Crippen LogP contribution in [0.2, 0.25) is 0 Å². The molecular weight excluding hydrogens is 266 g/mol. The fourth-order valence-electron chi connectivity index (χ4n) is 3.50. The van der Waals surface area contributed by atoms with Crippen LogP contribution in [0.3, 0.4) is 0 Å². The van der Waals surface area contributed by atoms with Crippen LogP contribution in [0.15, 0.2) is 6.07 Å². The summed E-state index contributed by atoms with van der Waals surface area (Å²) < 4.78 is 0. The van der Waals surface area contributed by atoms with Crippen molar-refractivity contribution in [2.45, 2.75) is 38.1 Å². The fraction of sp³-hybridized carbons (Fsp3) is 0.750. The molecule has 4 heteroatoms. The van der Waals surface area contributed by atoms with Gasteiger partial charge in [-0.1, -0.05) is 0 Å². The van der Waals surface area contributed by atoms with Crippen molar-refractivity contribution in [3.05, 3.63) is 21.4 Å². The zero-order valence-electron chi connectivity index (χ0n) is 12.6. The molecule has 1 atom stereocenters. The topological polar surface area (TPSA) is 32.5 Å². The number of hydrogen-bond acceptors (Lipinski definition) is 4. The van der Waals surface area contributed by atoms with Gasteiger partial charge in [-0.3, -0.25) is 4.90 Å². The van der Waals surface area contributed by atoms with E-state index in [-0.39, 0.29) is 0 Å². The van der Waals surface area contributed by atoms with Crippen LogP contribution in [-0.2, 0) is 12.8 Å². The SMILES string of the molecule is CN1CCN(C2CCCc3sc(CCCN)cc32)CC1. The number of hydrogen-bond donors (Lipinski definition) is 1. The first-order chi connectivity index (χ1) is 9.78. The van der Waals surface area contributed by atoms with Crippen molar-refractivity contribution in [3.8, 4) is 0 Å². The summed E-state index contributed by atoms with van der Waals surface area (Å²) in [5, 5.41) is 0. The molecule has 0 radical (unpaired) electrons. The van der Waals surface area contributed by atoms with Crippen molar-refractivity contribution >= 4 is 11.3 Å². The molecule has 0 bridgehead atoms. The van der Waals surface area contributed by atoms with Crippen LogP contribution in [0.25, 0.3) is 0 Å². The van der Waals surface area contributed by atoms with Crippen LogP contribution in [0.4, 0.5) is 0 Å². The van der Waals surface area contributed by atoms with Crippen molar-refractivity contribution in [3.63, 3.8) is 0 Å². The number of piperazine rings is 1. The molecule has 2 aliphatic rings. The summed E-state index contributed by atoms with van der Waals surface area (Å²) in [6, 6.07) is 3.19. The quantitative estimate of drug-likeness (QED) is 0.924. The predicted molar refractivity (Wildman–Crippen MR) is 86.4 cm³/mol. The Morgan fingerprint density at radius 1 is 1.30 bits per heavy atom. The third-order valence-electron chi connectivity index (χ3n) is 4.74. The normalized spacial score (nSPS) is 24.8. The third-order valence-corrected chi connectivity index (χ3v) is 6.01. The van der Waals surface area contributed by atoms with Crippen LogP contribution in [0.1, 0.15) is 40.6 Å². The molecule has 0 spiro atoms. The van der Waals surface area contributed by atoms with Crippen molar-refractivity contribution in [2.24, 2.45) is 5.73 Å². The monoisotopic (exact) mass is 293 g/mol. The highest BCUT2D eigenvalue weighted by Gasteiger charge is 2.29. The summed E-state index contributed by atoms with van der Waals surface area (Å²) in [6.45, 7) is 5.71. The Hall–Kier alpha value is -0.420. The third kappa shape index (κ3) is 3.08. The Kier molecular flexibility index (Phi) is 4.76. The molecule has 1 aliphatic heterocycles. The second-order valence-corrected chi connectivity index (χ2v) is 7.45. The lowest BCUT2D eigenvalue weighted by Crippen LogP contribution is -2.46. The largest absolute Gasteiger partial charge is 0.330 e. The molecule has 1 saturated heterocycles. The van der Waals surface area contributed by atoms with Crippen LogP contribution < -0.4 is 5.73 Å². The van der Waals surface area contributed by atoms with Gasteiger partial charge in [-0.05, 0) is 57.3 Å². The van der Waals surface area contributed by atoms with Crippen molar-refractivity contribution in [1.82, 2.24) is 9.80 Å². The highest BCUT2D eigenvalue weighted by Crippen LogP contribution is 2.39. The predicted octanol–water partition coefficient (Wildman–Crippen LogP) is 2.26. The van der Waals surface area contributed by atoms with E-state index >= 15 is 0 Å². The molecule has 1 aromatic heterocycles. The molecule has 3 rings (SSSR count). The van der Waals surface area contributed by atoms with Crippen molar-refractivity contribution in [1.29, 1.82) is 0 Å². The Labute approximate surface area is 126 Å². The molecule has 0 amide bonds. The summed E-state index contributed by atoms with van der Waals surface area (Å²) in [6.07, 6.45) is 6.31. The molecule has 20 heavy (non-hydrogen) atoms. The Balaban J connectivity index is 1.73. The lowest BCUT2D eigenvalue weighted by Gasteiger charge is -2.39. The molecule has 2 N–H and O–H groups in total. The van der Waals surface area contributed by atoms with E-state index < -0.39 is 0 Å². The zero-order valence-corrected chi connectivity index (χ0v) is 13.4. The van der Waals surface area contributed by atoms with E-state index in [0.717, 1.165) is 13.0 Å². The minimum atomic E-state index is 0.690. The lowest BCUT2D eigenvalue weighted by atomic mass is 9.92. The fourth-order valence-corrected chi connectivity index (χ4v) is 4.81. The van der Waals surface area contributed by atoms with E-state index in [1.54, 1.807) is 15.3 Å². The van der Waals surface area contributed by atoms with Gasteiger partial charge in [0.05, 0.1) is 0 Å². The second kappa shape index (κ2) is 6.56. The maximum atomic E-state index is 5.65. The van der Waals surface area contributed by atoms with Gasteiger partial charge < -0.3 is 10.6 Å². The number of fused-ring (bicyclic) bond motifs is 1. The highest BCUT2D eigenvalue weighted by atomic mass is 32.1. The number of nitrogens with two attached hydrogens (primary N) is 1. The average Bonchev–Trinajstić information content (AvgIpc) is 2.89.